The van der Waals surface area contributed by atoms with E-state index in [4.69, 9.17) is 16.3 Å². The van der Waals surface area contributed by atoms with E-state index < -0.39 is 23.7 Å². The Balaban J connectivity index is 1.34. The van der Waals surface area contributed by atoms with Crippen molar-refractivity contribution in [2.75, 3.05) is 19.7 Å². The Morgan fingerprint density at radius 3 is 2.55 bits per heavy atom. The van der Waals surface area contributed by atoms with Gasteiger partial charge < -0.3 is 19.7 Å². The van der Waals surface area contributed by atoms with Crippen LogP contribution in [0, 0.1) is 5.92 Å². The van der Waals surface area contributed by atoms with Gasteiger partial charge in [0.05, 0.1) is 10.6 Å². The van der Waals surface area contributed by atoms with Crippen LogP contribution in [-0.4, -0.2) is 48.5 Å². The van der Waals surface area contributed by atoms with Gasteiger partial charge in [0.2, 0.25) is 5.91 Å². The van der Waals surface area contributed by atoms with Crippen LogP contribution in [0.5, 0.6) is 5.75 Å². The molecule has 1 N–H and O–H groups in total. The third-order valence-electron chi connectivity index (χ3n) is 5.94. The average molecular weight is 433 g/mol. The van der Waals surface area contributed by atoms with E-state index in [-0.39, 0.29) is 22.8 Å². The third-order valence-corrected chi connectivity index (χ3v) is 6.34. The summed E-state index contributed by atoms with van der Waals surface area (Å²) in [7, 11) is 0. The lowest BCUT2D eigenvalue weighted by atomic mass is 9.68. The van der Waals surface area contributed by atoms with Crippen molar-refractivity contribution in [3.63, 3.8) is 0 Å². The summed E-state index contributed by atoms with van der Waals surface area (Å²) >= 11 is 6.16. The zero-order chi connectivity index (χ0) is 20.8. The smallest absolute Gasteiger partial charge is 0.447 e. The molecule has 0 unspecified atom stereocenters. The van der Waals surface area contributed by atoms with Gasteiger partial charge in [0, 0.05) is 19.0 Å². The molecule has 1 spiro atoms. The second-order valence-corrected chi connectivity index (χ2v) is 8.27. The lowest BCUT2D eigenvalue weighted by Crippen LogP contribution is -2.58. The molecule has 1 aliphatic carbocycles. The molecule has 0 atom stereocenters. The molecule has 4 rings (SSSR count). The minimum Gasteiger partial charge on any atom is -0.447 e. The van der Waals surface area contributed by atoms with E-state index in [9.17, 15) is 22.8 Å². The van der Waals surface area contributed by atoms with Crippen LogP contribution >= 0.6 is 11.6 Å². The predicted octanol–water partition coefficient (Wildman–Crippen LogP) is 3.83. The first-order valence-electron chi connectivity index (χ1n) is 9.44. The molecule has 2 aliphatic heterocycles. The maximum Gasteiger partial charge on any atom is 0.573 e. The van der Waals surface area contributed by atoms with Crippen molar-refractivity contribution in [1.82, 2.24) is 10.2 Å². The first-order valence-corrected chi connectivity index (χ1v) is 9.81. The summed E-state index contributed by atoms with van der Waals surface area (Å²) in [6, 6.07) is 4.38. The van der Waals surface area contributed by atoms with Crippen LogP contribution < -0.4 is 10.1 Å². The van der Waals surface area contributed by atoms with Gasteiger partial charge in [-0.15, -0.1) is 13.2 Å². The van der Waals surface area contributed by atoms with Crippen molar-refractivity contribution in [2.45, 2.75) is 43.5 Å². The SMILES string of the molecule is O=C1N[C@]2(CO1)C[C@H](C(=O)N1CCC(c3cccc(OC(F)(F)F)c3Cl)CC1)C2. The molecule has 158 valence electrons. The number of ether oxygens (including phenoxy) is 2. The Morgan fingerprint density at radius 1 is 1.28 bits per heavy atom. The molecule has 2 saturated heterocycles. The molecule has 1 saturated carbocycles. The standard InChI is InChI=1S/C19H20ClF3N2O4/c20-15-13(2-1-3-14(15)29-19(21,22)23)11-4-6-25(7-5-11)16(26)12-8-18(9-12)10-28-17(27)24-18/h1-3,11-12H,4-10H2,(H,24,27)/t12-,18+. The molecule has 2 amide bonds. The predicted molar refractivity (Wildman–Crippen MR) is 96.6 cm³/mol. The van der Waals surface area contributed by atoms with Gasteiger partial charge in [-0.1, -0.05) is 23.7 Å². The molecular weight excluding hydrogens is 413 g/mol. The number of hydrogen-bond acceptors (Lipinski definition) is 4. The number of alkyl halides is 3. The molecule has 3 aliphatic rings. The molecule has 0 radical (unpaired) electrons. The second kappa shape index (κ2) is 7.27. The molecule has 1 aromatic carbocycles. The van der Waals surface area contributed by atoms with Gasteiger partial charge in [0.15, 0.2) is 0 Å². The Morgan fingerprint density at radius 2 is 1.97 bits per heavy atom. The fourth-order valence-corrected chi connectivity index (χ4v) is 4.80. The number of benzene rings is 1. The highest BCUT2D eigenvalue weighted by atomic mass is 35.5. The van der Waals surface area contributed by atoms with Crippen molar-refractivity contribution in [2.24, 2.45) is 5.92 Å². The second-order valence-electron chi connectivity index (χ2n) is 7.89. The van der Waals surface area contributed by atoms with Gasteiger partial charge >= 0.3 is 12.5 Å². The van der Waals surface area contributed by atoms with Crippen molar-refractivity contribution in [1.29, 1.82) is 0 Å². The lowest BCUT2D eigenvalue weighted by Gasteiger charge is -2.45. The topological polar surface area (TPSA) is 67.9 Å². The highest BCUT2D eigenvalue weighted by Gasteiger charge is 2.53. The molecule has 3 fully saturated rings. The first-order chi connectivity index (χ1) is 13.7. The molecule has 29 heavy (non-hydrogen) atoms. The zero-order valence-electron chi connectivity index (χ0n) is 15.4. The molecule has 0 bridgehead atoms. The van der Waals surface area contributed by atoms with E-state index in [0.29, 0.717) is 50.9 Å². The summed E-state index contributed by atoms with van der Waals surface area (Å²) in [5.41, 5.74) is 0.205. The van der Waals surface area contributed by atoms with Crippen LogP contribution in [0.15, 0.2) is 18.2 Å². The summed E-state index contributed by atoms with van der Waals surface area (Å²) in [6.07, 6.45) is -2.88. The Kier molecular flexibility index (Phi) is 5.04. The number of carbonyl (C=O) groups is 2. The molecule has 10 heteroatoms. The summed E-state index contributed by atoms with van der Waals surface area (Å²) in [4.78, 5) is 25.7. The Hall–Kier alpha value is -2.16. The van der Waals surface area contributed by atoms with Gasteiger partial charge in [-0.2, -0.15) is 0 Å². The lowest BCUT2D eigenvalue weighted by molar-refractivity contribution is -0.274. The average Bonchev–Trinajstić information content (AvgIpc) is 3.03. The summed E-state index contributed by atoms with van der Waals surface area (Å²) in [5, 5.41) is 2.74. The van der Waals surface area contributed by atoms with E-state index in [1.54, 1.807) is 11.0 Å². The highest BCUT2D eigenvalue weighted by Crippen LogP contribution is 2.43. The van der Waals surface area contributed by atoms with Gasteiger partial charge in [-0.3, -0.25) is 4.79 Å². The maximum absolute atomic E-state index is 12.7. The van der Waals surface area contributed by atoms with E-state index in [1.807, 2.05) is 0 Å². The number of cyclic esters (lactones) is 1. The summed E-state index contributed by atoms with van der Waals surface area (Å²) < 4.78 is 46.5. The Labute approximate surface area is 170 Å². The molecule has 2 heterocycles. The van der Waals surface area contributed by atoms with Crippen molar-refractivity contribution in [3.8, 4) is 5.75 Å². The normalized spacial score (nSPS) is 27.4. The summed E-state index contributed by atoms with van der Waals surface area (Å²) in [5.74, 6) is -0.537. The molecule has 0 aromatic heterocycles. The number of rotatable bonds is 3. The number of nitrogens with zero attached hydrogens (tertiary/aromatic N) is 1. The molecular formula is C19H20ClF3N2O4. The quantitative estimate of drug-likeness (QED) is 0.788. The van der Waals surface area contributed by atoms with Crippen LogP contribution in [0.3, 0.4) is 0 Å². The first kappa shape index (κ1) is 20.1. The van der Waals surface area contributed by atoms with Crippen molar-refractivity contribution in [3.05, 3.63) is 28.8 Å². The maximum atomic E-state index is 12.7. The minimum absolute atomic E-state index is 0.0347. The summed E-state index contributed by atoms with van der Waals surface area (Å²) in [6.45, 7) is 1.32. The monoisotopic (exact) mass is 432 g/mol. The van der Waals surface area contributed by atoms with Crippen LogP contribution in [-0.2, 0) is 9.53 Å². The van der Waals surface area contributed by atoms with Crippen molar-refractivity contribution >= 4 is 23.6 Å². The van der Waals surface area contributed by atoms with Gasteiger partial charge in [0.1, 0.15) is 12.4 Å². The largest absolute Gasteiger partial charge is 0.573 e. The zero-order valence-corrected chi connectivity index (χ0v) is 16.2. The molecule has 6 nitrogen and oxygen atoms in total. The number of amides is 2. The van der Waals surface area contributed by atoms with Gasteiger partial charge in [-0.25, -0.2) is 4.79 Å². The van der Waals surface area contributed by atoms with Gasteiger partial charge in [-0.05, 0) is 43.2 Å². The number of alkyl carbamates (subject to hydrolysis) is 1. The van der Waals surface area contributed by atoms with E-state index >= 15 is 0 Å². The number of nitrogens with one attached hydrogen (secondary N) is 1. The highest BCUT2D eigenvalue weighted by molar-refractivity contribution is 6.32. The van der Waals surface area contributed by atoms with Crippen molar-refractivity contribution < 1.29 is 32.2 Å². The van der Waals surface area contributed by atoms with Gasteiger partial charge in [0.25, 0.3) is 0 Å². The van der Waals surface area contributed by atoms with E-state index in [2.05, 4.69) is 10.1 Å². The fraction of sp³-hybridized carbons (Fsp3) is 0.579. The van der Waals surface area contributed by atoms with Crippen LogP contribution in [0.1, 0.15) is 37.2 Å². The van der Waals surface area contributed by atoms with E-state index in [0.717, 1.165) is 0 Å². The molecule has 1 aromatic rings. The number of halogens is 4. The van der Waals surface area contributed by atoms with Crippen LogP contribution in [0.2, 0.25) is 5.02 Å². The number of carbonyl (C=O) groups excluding carboxylic acids is 2. The number of hydrogen-bond donors (Lipinski definition) is 1. The third kappa shape index (κ3) is 4.10. The van der Waals surface area contributed by atoms with Crippen LogP contribution in [0.4, 0.5) is 18.0 Å². The number of piperidine rings is 1. The van der Waals surface area contributed by atoms with Crippen LogP contribution in [0.25, 0.3) is 0 Å². The fourth-order valence-electron chi connectivity index (χ4n) is 4.49. The Bertz CT molecular complexity index is 818. The van der Waals surface area contributed by atoms with E-state index in [1.165, 1.54) is 12.1 Å². The minimum atomic E-state index is -4.80. The number of likely N-dealkylation sites (tertiary alicyclic amines) is 1.